The van der Waals surface area contributed by atoms with Crippen LogP contribution in [0.15, 0.2) is 61.2 Å². The van der Waals surface area contributed by atoms with E-state index in [1.165, 1.54) is 35.8 Å². The first kappa shape index (κ1) is 29.7. The van der Waals surface area contributed by atoms with Gasteiger partial charge in [-0.1, -0.05) is 12.1 Å². The van der Waals surface area contributed by atoms with Crippen LogP contribution in [0.1, 0.15) is 22.5 Å². The Morgan fingerprint density at radius 2 is 1.37 bits per heavy atom. The number of hydrogen-bond acceptors (Lipinski definition) is 6. The van der Waals surface area contributed by atoms with Crippen molar-refractivity contribution in [3.8, 4) is 0 Å². The second-order valence-corrected chi connectivity index (χ2v) is 9.31. The monoisotopic (exact) mass is 658 g/mol. The van der Waals surface area contributed by atoms with Crippen LogP contribution in [-0.4, -0.2) is 33.0 Å². The molecule has 0 saturated carbocycles. The summed E-state index contributed by atoms with van der Waals surface area (Å²) in [7, 11) is 0. The van der Waals surface area contributed by atoms with Gasteiger partial charge in [0.2, 0.25) is 11.8 Å². The van der Waals surface area contributed by atoms with E-state index in [1.807, 2.05) is 29.3 Å². The van der Waals surface area contributed by atoms with E-state index in [0.29, 0.717) is 13.1 Å². The van der Waals surface area contributed by atoms with Crippen molar-refractivity contribution in [1.29, 1.82) is 0 Å². The SMILES string of the molecule is Cl.Fc1nccc(I)c1F.Fc1nccc(N2CCc3ncccc3C2)c1F.c1cnc2c(c1)CNCC2. The smallest absolute Gasteiger partial charge is 0.251 e. The zero-order valence-electron chi connectivity index (χ0n) is 20.1. The standard InChI is InChI=1S/C13H11F2N3.C8H10N2.C5H2F2IN.ClH/c14-12-11(3-6-17-13(12)15)18-7-4-10-9(8-18)2-1-5-16-10;1-2-7-6-9-5-3-8(7)10-4-1;6-4-3(8)1-2-9-5(4)7;/h1-3,5-6H,4,7-8H2;1-2,4,9H,3,5-6H2;1-2H;1H. The molecule has 0 unspecified atom stereocenters. The van der Waals surface area contributed by atoms with Crippen LogP contribution in [0.25, 0.3) is 0 Å². The van der Waals surface area contributed by atoms with Crippen molar-refractivity contribution >= 4 is 40.7 Å². The largest absolute Gasteiger partial charge is 0.364 e. The fraction of sp³-hybridized carbons (Fsp3) is 0.231. The number of pyridine rings is 4. The van der Waals surface area contributed by atoms with E-state index in [-0.39, 0.29) is 21.7 Å². The van der Waals surface area contributed by atoms with E-state index in [9.17, 15) is 17.6 Å². The van der Waals surface area contributed by atoms with E-state index in [2.05, 4.69) is 31.3 Å². The first-order chi connectivity index (χ1) is 17.9. The van der Waals surface area contributed by atoms with Gasteiger partial charge in [0.1, 0.15) is 0 Å². The lowest BCUT2D eigenvalue weighted by molar-refractivity contribution is 0.474. The molecular weight excluding hydrogens is 635 g/mol. The maximum atomic E-state index is 13.7. The van der Waals surface area contributed by atoms with E-state index < -0.39 is 23.5 Å². The second kappa shape index (κ2) is 14.3. The van der Waals surface area contributed by atoms with Crippen molar-refractivity contribution in [3.63, 3.8) is 0 Å². The number of hydrogen-bond donors (Lipinski definition) is 1. The number of fused-ring (bicyclic) bond motifs is 2. The predicted molar refractivity (Wildman–Crippen MR) is 147 cm³/mol. The summed E-state index contributed by atoms with van der Waals surface area (Å²) in [6.45, 7) is 3.24. The van der Waals surface area contributed by atoms with Crippen molar-refractivity contribution in [2.75, 3.05) is 18.0 Å². The molecule has 6 heterocycles. The Morgan fingerprint density at radius 3 is 2.03 bits per heavy atom. The molecule has 6 nitrogen and oxygen atoms in total. The van der Waals surface area contributed by atoms with Gasteiger partial charge < -0.3 is 10.2 Å². The second-order valence-electron chi connectivity index (χ2n) is 8.15. The lowest BCUT2D eigenvalue weighted by Gasteiger charge is -2.30. The molecular formula is C26H24ClF4IN6. The number of halogens is 6. The van der Waals surface area contributed by atoms with Gasteiger partial charge in [0.25, 0.3) is 5.95 Å². The molecule has 0 atom stereocenters. The van der Waals surface area contributed by atoms with Crippen LogP contribution in [0.4, 0.5) is 23.2 Å². The van der Waals surface area contributed by atoms with E-state index in [0.717, 1.165) is 37.2 Å². The van der Waals surface area contributed by atoms with Gasteiger partial charge in [0.15, 0.2) is 5.82 Å². The Balaban J connectivity index is 0.000000170. The highest BCUT2D eigenvalue weighted by Gasteiger charge is 2.21. The molecule has 2 aliphatic rings. The third kappa shape index (κ3) is 7.58. The quantitative estimate of drug-likeness (QED) is 0.167. The predicted octanol–water partition coefficient (Wildman–Crippen LogP) is 5.43. The summed E-state index contributed by atoms with van der Waals surface area (Å²) in [6.07, 6.45) is 7.94. The molecule has 38 heavy (non-hydrogen) atoms. The Hall–Kier alpha value is -2.90. The van der Waals surface area contributed by atoms with Crippen LogP contribution in [0.2, 0.25) is 0 Å². The fourth-order valence-electron chi connectivity index (χ4n) is 3.91. The van der Waals surface area contributed by atoms with Gasteiger partial charge in [-0.05, 0) is 58.0 Å². The first-order valence-corrected chi connectivity index (χ1v) is 12.6. The minimum atomic E-state index is -1.05. The minimum absolute atomic E-state index is 0. The van der Waals surface area contributed by atoms with Crippen LogP contribution in [0.5, 0.6) is 0 Å². The van der Waals surface area contributed by atoms with Gasteiger partial charge in [0, 0.05) is 75.2 Å². The molecule has 0 aliphatic carbocycles. The average molecular weight is 659 g/mol. The van der Waals surface area contributed by atoms with Gasteiger partial charge in [-0.2, -0.15) is 13.2 Å². The van der Waals surface area contributed by atoms with Crippen LogP contribution in [0, 0.1) is 27.1 Å². The van der Waals surface area contributed by atoms with Gasteiger partial charge in [-0.15, -0.1) is 12.4 Å². The molecule has 6 rings (SSSR count). The van der Waals surface area contributed by atoms with E-state index >= 15 is 0 Å². The average Bonchev–Trinajstić information content (AvgIpc) is 2.94. The highest BCUT2D eigenvalue weighted by molar-refractivity contribution is 14.1. The van der Waals surface area contributed by atoms with Gasteiger partial charge >= 0.3 is 0 Å². The van der Waals surface area contributed by atoms with Gasteiger partial charge in [-0.25, -0.2) is 14.4 Å². The maximum absolute atomic E-state index is 13.7. The van der Waals surface area contributed by atoms with Gasteiger partial charge in [0.05, 0.1) is 9.26 Å². The summed E-state index contributed by atoms with van der Waals surface area (Å²) in [5.41, 5.74) is 4.97. The fourth-order valence-corrected chi connectivity index (χ4v) is 4.29. The van der Waals surface area contributed by atoms with Crippen molar-refractivity contribution in [2.24, 2.45) is 0 Å². The Morgan fingerprint density at radius 1 is 0.737 bits per heavy atom. The zero-order valence-corrected chi connectivity index (χ0v) is 23.0. The molecule has 4 aromatic rings. The Bertz CT molecular complexity index is 1320. The first-order valence-electron chi connectivity index (χ1n) is 11.5. The number of nitrogens with one attached hydrogen (secondary N) is 1. The molecule has 4 aromatic heterocycles. The lowest BCUT2D eigenvalue weighted by atomic mass is 10.1. The molecule has 0 radical (unpaired) electrons. The number of nitrogens with zero attached hydrogens (tertiary/aromatic N) is 5. The molecule has 0 spiro atoms. The lowest BCUT2D eigenvalue weighted by Crippen LogP contribution is -2.31. The summed E-state index contributed by atoms with van der Waals surface area (Å²) in [5.74, 6) is -3.85. The van der Waals surface area contributed by atoms with Gasteiger partial charge in [-0.3, -0.25) is 9.97 Å². The zero-order chi connectivity index (χ0) is 26.2. The van der Waals surface area contributed by atoms with Crippen molar-refractivity contribution < 1.29 is 17.6 Å². The summed E-state index contributed by atoms with van der Waals surface area (Å²) in [5, 5.41) is 3.30. The Kier molecular flexibility index (Phi) is 11.2. The molecule has 12 heteroatoms. The molecule has 0 fully saturated rings. The Labute approximate surface area is 237 Å². The van der Waals surface area contributed by atoms with E-state index in [1.54, 1.807) is 28.8 Å². The van der Waals surface area contributed by atoms with Crippen molar-refractivity contribution in [3.05, 3.63) is 111 Å². The minimum Gasteiger partial charge on any atom is -0.364 e. The van der Waals surface area contributed by atoms with Crippen LogP contribution < -0.4 is 10.2 Å². The molecule has 0 aromatic carbocycles. The van der Waals surface area contributed by atoms with E-state index in [4.69, 9.17) is 0 Å². The normalized spacial score (nSPS) is 13.4. The molecule has 0 saturated heterocycles. The number of rotatable bonds is 1. The van der Waals surface area contributed by atoms with Crippen LogP contribution in [0.3, 0.4) is 0 Å². The summed E-state index contributed by atoms with van der Waals surface area (Å²) < 4.78 is 51.4. The summed E-state index contributed by atoms with van der Waals surface area (Å²) in [4.78, 5) is 16.8. The topological polar surface area (TPSA) is 66.8 Å². The van der Waals surface area contributed by atoms with Crippen molar-refractivity contribution in [2.45, 2.75) is 25.9 Å². The van der Waals surface area contributed by atoms with Crippen molar-refractivity contribution in [1.82, 2.24) is 25.3 Å². The summed E-state index contributed by atoms with van der Waals surface area (Å²) in [6, 6.07) is 10.8. The molecule has 200 valence electrons. The van der Waals surface area contributed by atoms with Crippen LogP contribution in [-0.2, 0) is 25.9 Å². The highest BCUT2D eigenvalue weighted by Crippen LogP contribution is 2.26. The molecule has 0 amide bonds. The third-order valence-corrected chi connectivity index (χ3v) is 6.60. The number of aromatic nitrogens is 4. The molecule has 1 N–H and O–H groups in total. The molecule has 0 bridgehead atoms. The number of anilines is 1. The third-order valence-electron chi connectivity index (χ3n) is 5.77. The highest BCUT2D eigenvalue weighted by atomic mass is 127. The molecule has 2 aliphatic heterocycles. The van der Waals surface area contributed by atoms with Crippen LogP contribution >= 0.6 is 35.0 Å². The summed E-state index contributed by atoms with van der Waals surface area (Å²) >= 11 is 1.69. The maximum Gasteiger partial charge on any atom is 0.251 e.